The first-order chi connectivity index (χ1) is 20.5. The van der Waals surface area contributed by atoms with Crippen LogP contribution in [0.3, 0.4) is 0 Å². The number of aliphatic hydroxyl groups excluding tert-OH is 2. The lowest BCUT2D eigenvalue weighted by Gasteiger charge is -2.54. The number of hydrogen-bond acceptors (Lipinski definition) is 10. The Morgan fingerprint density at radius 1 is 1.07 bits per heavy atom. The quantitative estimate of drug-likeness (QED) is 0.360. The molecule has 0 aromatic rings. The van der Waals surface area contributed by atoms with Crippen molar-refractivity contribution in [3.63, 3.8) is 0 Å². The number of esters is 2. The number of aliphatic hydroxyl groups is 2. The molecule has 6 atom stereocenters. The Morgan fingerprint density at radius 2 is 1.77 bits per heavy atom. The van der Waals surface area contributed by atoms with E-state index >= 15 is 0 Å². The van der Waals surface area contributed by atoms with Crippen LogP contribution in [-0.4, -0.2) is 102 Å². The Labute approximate surface area is 253 Å². The van der Waals surface area contributed by atoms with E-state index in [2.05, 4.69) is 9.80 Å². The van der Waals surface area contributed by atoms with Crippen molar-refractivity contribution >= 4 is 17.7 Å². The van der Waals surface area contributed by atoms with Gasteiger partial charge in [0.15, 0.2) is 5.76 Å². The maximum absolute atomic E-state index is 14.2. The van der Waals surface area contributed by atoms with E-state index in [1.165, 1.54) is 46.1 Å². The van der Waals surface area contributed by atoms with Crippen molar-refractivity contribution in [2.45, 2.75) is 96.5 Å². The van der Waals surface area contributed by atoms with Gasteiger partial charge in [0.05, 0.1) is 23.7 Å². The number of fused-ring (bicyclic) bond motifs is 4. The number of allylic oxidation sites excluding steroid dienone is 1. The lowest BCUT2D eigenvalue weighted by Crippen LogP contribution is -2.57. The van der Waals surface area contributed by atoms with Gasteiger partial charge in [0.2, 0.25) is 5.78 Å². The fourth-order valence-electron chi connectivity index (χ4n) is 9.13. The summed E-state index contributed by atoms with van der Waals surface area (Å²) in [4.78, 5) is 44.9. The van der Waals surface area contributed by atoms with E-state index < -0.39 is 52.6 Å². The molecular formula is C33H46N2O8. The zero-order chi connectivity index (χ0) is 30.7. The predicted octanol–water partition coefficient (Wildman–Crippen LogP) is 3.20. The average Bonchev–Trinajstić information content (AvgIpc) is 3.27. The highest BCUT2D eigenvalue weighted by atomic mass is 16.6. The van der Waals surface area contributed by atoms with Crippen LogP contribution in [0.25, 0.3) is 0 Å². The van der Waals surface area contributed by atoms with Crippen LogP contribution >= 0.6 is 0 Å². The molecule has 2 N–H and O–H groups in total. The van der Waals surface area contributed by atoms with Gasteiger partial charge in [-0.1, -0.05) is 26.2 Å². The van der Waals surface area contributed by atoms with Gasteiger partial charge in [-0.05, 0) is 50.5 Å². The van der Waals surface area contributed by atoms with Gasteiger partial charge in [-0.3, -0.25) is 14.5 Å². The number of ketones is 1. The molecule has 0 bridgehead atoms. The zero-order valence-corrected chi connectivity index (χ0v) is 25.9. The number of nitrogens with zero attached hydrogens (tertiary/aromatic N) is 2. The molecule has 2 saturated carbocycles. The average molecular weight is 599 g/mol. The van der Waals surface area contributed by atoms with Crippen molar-refractivity contribution in [1.82, 2.24) is 9.80 Å². The second-order valence-electron chi connectivity index (χ2n) is 13.8. The summed E-state index contributed by atoms with van der Waals surface area (Å²) in [6.07, 6.45) is 7.07. The summed E-state index contributed by atoms with van der Waals surface area (Å²) in [5.41, 5.74) is -0.605. The van der Waals surface area contributed by atoms with E-state index in [4.69, 9.17) is 14.2 Å². The summed E-state index contributed by atoms with van der Waals surface area (Å²) < 4.78 is 17.5. The van der Waals surface area contributed by atoms with Gasteiger partial charge in [0, 0.05) is 69.0 Å². The molecule has 6 rings (SSSR count). The highest BCUT2D eigenvalue weighted by Gasteiger charge is 2.64. The number of ether oxygens (including phenoxy) is 3. The van der Waals surface area contributed by atoms with E-state index in [9.17, 15) is 24.6 Å². The van der Waals surface area contributed by atoms with Crippen molar-refractivity contribution in [3.8, 4) is 0 Å². The summed E-state index contributed by atoms with van der Waals surface area (Å²) in [7, 11) is 1.51. The SMILES string of the molecule is COC[C@H]1OC(=O)C(=CN2CCN(C3CCCCC3)CC2)C2=C(O)C(=O)C3=C([C@H](OC(C)=O)C[C@@]4(C)C3CC[C@@H]4O)[C@]21C. The van der Waals surface area contributed by atoms with E-state index in [-0.39, 0.29) is 23.7 Å². The van der Waals surface area contributed by atoms with Crippen molar-refractivity contribution < 1.29 is 38.8 Å². The van der Waals surface area contributed by atoms with Gasteiger partial charge in [0.25, 0.3) is 0 Å². The number of Topliss-reactive ketones (excluding diaryl/α,β-unsaturated/α-hetero) is 1. The minimum absolute atomic E-state index is 0.0225. The van der Waals surface area contributed by atoms with Crippen molar-refractivity contribution in [2.24, 2.45) is 16.7 Å². The molecule has 0 spiro atoms. The second-order valence-corrected chi connectivity index (χ2v) is 13.8. The molecule has 0 aromatic carbocycles. The monoisotopic (exact) mass is 598 g/mol. The van der Waals surface area contributed by atoms with Gasteiger partial charge in [0.1, 0.15) is 12.2 Å². The van der Waals surface area contributed by atoms with Crippen LogP contribution in [0.4, 0.5) is 0 Å². The van der Waals surface area contributed by atoms with Crippen LogP contribution in [0.15, 0.2) is 34.3 Å². The normalized spacial score (nSPS) is 38.2. The first-order valence-corrected chi connectivity index (χ1v) is 16.0. The second kappa shape index (κ2) is 11.3. The number of cyclic esters (lactones) is 1. The Balaban J connectivity index is 1.42. The number of rotatable bonds is 5. The molecule has 2 heterocycles. The summed E-state index contributed by atoms with van der Waals surface area (Å²) in [6.45, 7) is 8.32. The molecule has 2 aliphatic heterocycles. The van der Waals surface area contributed by atoms with Gasteiger partial charge < -0.3 is 29.3 Å². The standard InChI is InChI=1S/C33H46N2O8/c1-19(36)42-23-16-32(2)22(10-11-24(32)37)26-28(23)33(3)25(18-41-4)43-31(40)21(27(33)30(39)29(26)38)17-34-12-14-35(15-13-34)20-8-6-5-7-9-20/h17,20,22-25,37,39H,5-16,18H2,1-4H3/t22?,23-,24+,25-,32+,33+/m1/s1. The number of methoxy groups -OCH3 is 1. The smallest absolute Gasteiger partial charge is 0.340 e. The predicted molar refractivity (Wildman–Crippen MR) is 157 cm³/mol. The number of carbonyl (C=O) groups excluding carboxylic acids is 3. The molecule has 236 valence electrons. The highest BCUT2D eigenvalue weighted by molar-refractivity contribution is 6.13. The molecule has 4 fully saturated rings. The number of hydrogen-bond donors (Lipinski definition) is 2. The molecule has 1 unspecified atom stereocenters. The van der Waals surface area contributed by atoms with Crippen LogP contribution < -0.4 is 0 Å². The van der Waals surface area contributed by atoms with Gasteiger partial charge in [-0.25, -0.2) is 4.79 Å². The van der Waals surface area contributed by atoms with Gasteiger partial charge in [-0.15, -0.1) is 0 Å². The van der Waals surface area contributed by atoms with E-state index in [0.717, 1.165) is 26.2 Å². The molecule has 10 heteroatoms. The van der Waals surface area contributed by atoms with E-state index in [1.54, 1.807) is 6.20 Å². The Hall–Kier alpha value is -2.69. The Morgan fingerprint density at radius 3 is 2.42 bits per heavy atom. The topological polar surface area (TPSA) is 126 Å². The van der Waals surface area contributed by atoms with Gasteiger partial charge >= 0.3 is 11.9 Å². The number of piperazine rings is 1. The van der Waals surface area contributed by atoms with Gasteiger partial charge in [-0.2, -0.15) is 0 Å². The van der Waals surface area contributed by atoms with Crippen LogP contribution in [0.2, 0.25) is 0 Å². The minimum Gasteiger partial charge on any atom is -0.504 e. The highest BCUT2D eigenvalue weighted by Crippen LogP contribution is 2.63. The molecule has 2 saturated heterocycles. The zero-order valence-electron chi connectivity index (χ0n) is 25.9. The third-order valence-corrected chi connectivity index (χ3v) is 11.4. The molecule has 4 aliphatic carbocycles. The summed E-state index contributed by atoms with van der Waals surface area (Å²) in [5.74, 6) is -2.50. The molecular weight excluding hydrogens is 552 g/mol. The maximum Gasteiger partial charge on any atom is 0.340 e. The van der Waals surface area contributed by atoms with E-state index in [0.29, 0.717) is 36.5 Å². The van der Waals surface area contributed by atoms with Crippen LogP contribution in [0.5, 0.6) is 0 Å². The van der Waals surface area contributed by atoms with Crippen molar-refractivity contribution in [2.75, 3.05) is 39.9 Å². The minimum atomic E-state index is -1.19. The largest absolute Gasteiger partial charge is 0.504 e. The molecule has 0 radical (unpaired) electrons. The summed E-state index contributed by atoms with van der Waals surface area (Å²) >= 11 is 0. The lowest BCUT2D eigenvalue weighted by atomic mass is 9.53. The molecule has 0 amide bonds. The Bertz CT molecular complexity index is 1270. The first-order valence-electron chi connectivity index (χ1n) is 16.0. The fourth-order valence-corrected chi connectivity index (χ4v) is 9.13. The third kappa shape index (κ3) is 4.84. The first kappa shape index (κ1) is 30.3. The van der Waals surface area contributed by atoms with Crippen LogP contribution in [0, 0.1) is 16.7 Å². The van der Waals surface area contributed by atoms with Crippen molar-refractivity contribution in [1.29, 1.82) is 0 Å². The van der Waals surface area contributed by atoms with Crippen molar-refractivity contribution in [3.05, 3.63) is 34.3 Å². The van der Waals surface area contributed by atoms with E-state index in [1.807, 2.05) is 13.8 Å². The molecule has 43 heavy (non-hydrogen) atoms. The number of carbonyl (C=O) groups is 3. The lowest BCUT2D eigenvalue weighted by molar-refractivity contribution is -0.161. The molecule has 0 aromatic heterocycles. The van der Waals surface area contributed by atoms with Crippen LogP contribution in [0.1, 0.15) is 72.1 Å². The fraction of sp³-hybridized carbons (Fsp3) is 0.727. The summed E-state index contributed by atoms with van der Waals surface area (Å²) in [6, 6.07) is 0.610. The van der Waals surface area contributed by atoms with Crippen LogP contribution in [-0.2, 0) is 28.6 Å². The Kier molecular flexibility index (Phi) is 8.01. The summed E-state index contributed by atoms with van der Waals surface area (Å²) in [5, 5.41) is 22.8. The molecule has 6 aliphatic rings. The molecule has 10 nitrogen and oxygen atoms in total. The third-order valence-electron chi connectivity index (χ3n) is 11.4. The maximum atomic E-state index is 14.2.